The number of amides is 3. The summed E-state index contributed by atoms with van der Waals surface area (Å²) in [6, 6.07) is 7.03. The van der Waals surface area contributed by atoms with Crippen molar-refractivity contribution >= 4 is 34.3 Å². The highest BCUT2D eigenvalue weighted by molar-refractivity contribution is 6.11. The molecule has 1 aromatic carbocycles. The molecule has 0 saturated heterocycles. The molecule has 7 heteroatoms. The van der Waals surface area contributed by atoms with Crippen LogP contribution >= 0.6 is 0 Å². The van der Waals surface area contributed by atoms with Crippen LogP contribution < -0.4 is 16.4 Å². The van der Waals surface area contributed by atoms with E-state index in [0.29, 0.717) is 16.6 Å². The standard InChI is InChI=1S/C14H14N4O3/c1-8(19)16-7-12(20)18-13-9-4-2-3-5-11(9)17-6-10(13)14(15)21/h2-6H,7H2,1H3,(H2,15,21)(H,16,19)(H,17,18,20). The molecule has 1 heterocycles. The van der Waals surface area contributed by atoms with Crippen molar-refractivity contribution in [2.24, 2.45) is 5.73 Å². The first kappa shape index (κ1) is 14.4. The number of nitrogens with zero attached hydrogens (tertiary/aromatic N) is 1. The van der Waals surface area contributed by atoms with Gasteiger partial charge in [0, 0.05) is 18.5 Å². The lowest BCUT2D eigenvalue weighted by Gasteiger charge is -2.12. The molecule has 4 N–H and O–H groups in total. The van der Waals surface area contributed by atoms with Crippen LogP contribution in [0.15, 0.2) is 30.5 Å². The molecule has 3 amide bonds. The Bertz CT molecular complexity index is 727. The molecule has 0 aliphatic rings. The van der Waals surface area contributed by atoms with Crippen LogP contribution in [-0.2, 0) is 9.59 Å². The Morgan fingerprint density at radius 2 is 1.95 bits per heavy atom. The summed E-state index contributed by atoms with van der Waals surface area (Å²) in [5.41, 5.74) is 6.34. The summed E-state index contributed by atoms with van der Waals surface area (Å²) in [6.07, 6.45) is 1.32. The first-order chi connectivity index (χ1) is 9.99. The number of carbonyl (C=O) groups is 3. The molecule has 7 nitrogen and oxygen atoms in total. The van der Waals surface area contributed by atoms with Gasteiger partial charge < -0.3 is 16.4 Å². The number of nitrogens with two attached hydrogens (primary N) is 1. The molecule has 0 atom stereocenters. The summed E-state index contributed by atoms with van der Waals surface area (Å²) in [7, 11) is 0. The fourth-order valence-corrected chi connectivity index (χ4v) is 1.85. The monoisotopic (exact) mass is 286 g/mol. The van der Waals surface area contributed by atoms with Crippen molar-refractivity contribution in [3.05, 3.63) is 36.0 Å². The van der Waals surface area contributed by atoms with E-state index in [1.165, 1.54) is 13.1 Å². The number of hydrogen-bond acceptors (Lipinski definition) is 4. The third-order valence-corrected chi connectivity index (χ3v) is 2.80. The summed E-state index contributed by atoms with van der Waals surface area (Å²) in [5, 5.41) is 5.58. The van der Waals surface area contributed by atoms with Crippen LogP contribution in [-0.4, -0.2) is 29.3 Å². The van der Waals surface area contributed by atoms with Gasteiger partial charge in [-0.3, -0.25) is 19.4 Å². The van der Waals surface area contributed by atoms with Gasteiger partial charge in [-0.15, -0.1) is 0 Å². The van der Waals surface area contributed by atoms with Crippen LogP contribution in [0.3, 0.4) is 0 Å². The number of nitrogens with one attached hydrogen (secondary N) is 2. The van der Waals surface area contributed by atoms with E-state index in [1.807, 2.05) is 0 Å². The van der Waals surface area contributed by atoms with Crippen molar-refractivity contribution in [2.45, 2.75) is 6.92 Å². The smallest absolute Gasteiger partial charge is 0.252 e. The second-order valence-corrected chi connectivity index (χ2v) is 4.39. The molecule has 0 aliphatic heterocycles. The second-order valence-electron chi connectivity index (χ2n) is 4.39. The molecule has 0 bridgehead atoms. The number of fused-ring (bicyclic) bond motifs is 1. The number of carbonyl (C=O) groups excluding carboxylic acids is 3. The average Bonchev–Trinajstić information content (AvgIpc) is 2.45. The van der Waals surface area contributed by atoms with E-state index < -0.39 is 11.8 Å². The third kappa shape index (κ3) is 3.33. The molecule has 0 aliphatic carbocycles. The number of para-hydroxylation sites is 1. The van der Waals surface area contributed by atoms with E-state index in [-0.39, 0.29) is 18.0 Å². The van der Waals surface area contributed by atoms with Crippen molar-refractivity contribution in [1.29, 1.82) is 0 Å². The van der Waals surface area contributed by atoms with Crippen LogP contribution in [0.1, 0.15) is 17.3 Å². The number of anilines is 1. The van der Waals surface area contributed by atoms with Gasteiger partial charge in [-0.05, 0) is 6.07 Å². The van der Waals surface area contributed by atoms with Gasteiger partial charge in [-0.1, -0.05) is 18.2 Å². The van der Waals surface area contributed by atoms with Gasteiger partial charge in [0.2, 0.25) is 11.8 Å². The molecule has 0 radical (unpaired) electrons. The van der Waals surface area contributed by atoms with Crippen molar-refractivity contribution in [3.8, 4) is 0 Å². The Morgan fingerprint density at radius 1 is 1.24 bits per heavy atom. The quantitative estimate of drug-likeness (QED) is 0.755. The van der Waals surface area contributed by atoms with E-state index in [2.05, 4.69) is 15.6 Å². The number of hydrogen-bond donors (Lipinski definition) is 3. The van der Waals surface area contributed by atoms with E-state index in [0.717, 1.165) is 0 Å². The minimum atomic E-state index is -0.692. The maximum Gasteiger partial charge on any atom is 0.252 e. The van der Waals surface area contributed by atoms with Crippen LogP contribution in [0.2, 0.25) is 0 Å². The van der Waals surface area contributed by atoms with E-state index in [1.54, 1.807) is 24.3 Å². The third-order valence-electron chi connectivity index (χ3n) is 2.80. The molecule has 2 rings (SSSR count). The largest absolute Gasteiger partial charge is 0.365 e. The number of benzene rings is 1. The first-order valence-electron chi connectivity index (χ1n) is 6.21. The summed E-state index contributed by atoms with van der Waals surface area (Å²) in [6.45, 7) is 1.12. The highest BCUT2D eigenvalue weighted by atomic mass is 16.2. The van der Waals surface area contributed by atoms with Gasteiger partial charge in [0.25, 0.3) is 5.91 Å². The highest BCUT2D eigenvalue weighted by Crippen LogP contribution is 2.25. The zero-order valence-electron chi connectivity index (χ0n) is 11.3. The predicted octanol–water partition coefficient (Wildman–Crippen LogP) is 0.408. The van der Waals surface area contributed by atoms with Crippen molar-refractivity contribution in [2.75, 3.05) is 11.9 Å². The minimum absolute atomic E-state index is 0.116. The lowest BCUT2D eigenvalue weighted by Crippen LogP contribution is -2.31. The van der Waals surface area contributed by atoms with Crippen LogP contribution in [0.25, 0.3) is 10.9 Å². The highest BCUT2D eigenvalue weighted by Gasteiger charge is 2.15. The lowest BCUT2D eigenvalue weighted by atomic mass is 10.1. The lowest BCUT2D eigenvalue weighted by molar-refractivity contribution is -0.122. The Hall–Kier alpha value is -2.96. The Morgan fingerprint density at radius 3 is 2.62 bits per heavy atom. The van der Waals surface area contributed by atoms with Gasteiger partial charge in [0.15, 0.2) is 0 Å². The SMILES string of the molecule is CC(=O)NCC(=O)Nc1c(C(N)=O)cnc2ccccc12. The Kier molecular flexibility index (Phi) is 4.13. The Balaban J connectivity index is 2.40. The van der Waals surface area contributed by atoms with Gasteiger partial charge in [-0.2, -0.15) is 0 Å². The van der Waals surface area contributed by atoms with Crippen molar-refractivity contribution in [1.82, 2.24) is 10.3 Å². The van der Waals surface area contributed by atoms with Crippen LogP contribution in [0.5, 0.6) is 0 Å². The molecule has 0 spiro atoms. The average molecular weight is 286 g/mol. The zero-order valence-corrected chi connectivity index (χ0v) is 11.3. The molecule has 1 aromatic heterocycles. The van der Waals surface area contributed by atoms with Gasteiger partial charge >= 0.3 is 0 Å². The molecule has 2 aromatic rings. The number of primary amides is 1. The summed E-state index contributed by atoms with van der Waals surface area (Å²) < 4.78 is 0. The molecule has 0 saturated carbocycles. The van der Waals surface area contributed by atoms with Crippen molar-refractivity contribution < 1.29 is 14.4 Å². The van der Waals surface area contributed by atoms with Gasteiger partial charge in [0.05, 0.1) is 23.3 Å². The number of aromatic nitrogens is 1. The zero-order chi connectivity index (χ0) is 15.4. The maximum absolute atomic E-state index is 11.8. The first-order valence-corrected chi connectivity index (χ1v) is 6.21. The normalized spacial score (nSPS) is 10.1. The van der Waals surface area contributed by atoms with Crippen LogP contribution in [0, 0.1) is 0 Å². The fraction of sp³-hybridized carbons (Fsp3) is 0.143. The molecular formula is C14H14N4O3. The van der Waals surface area contributed by atoms with E-state index in [4.69, 9.17) is 5.73 Å². The molecule has 0 fully saturated rings. The second kappa shape index (κ2) is 6.00. The number of rotatable bonds is 4. The van der Waals surface area contributed by atoms with Crippen molar-refractivity contribution in [3.63, 3.8) is 0 Å². The molecule has 0 unspecified atom stereocenters. The fourth-order valence-electron chi connectivity index (χ4n) is 1.85. The maximum atomic E-state index is 11.8. The van der Waals surface area contributed by atoms with Gasteiger partial charge in [-0.25, -0.2) is 0 Å². The topological polar surface area (TPSA) is 114 Å². The predicted molar refractivity (Wildman–Crippen MR) is 77.6 cm³/mol. The van der Waals surface area contributed by atoms with E-state index in [9.17, 15) is 14.4 Å². The molecule has 108 valence electrons. The molecular weight excluding hydrogens is 272 g/mol. The van der Waals surface area contributed by atoms with Gasteiger partial charge in [0.1, 0.15) is 0 Å². The van der Waals surface area contributed by atoms with Crippen LogP contribution in [0.4, 0.5) is 5.69 Å². The Labute approximate surface area is 120 Å². The number of pyridine rings is 1. The summed E-state index contributed by atoms with van der Waals surface area (Å²) >= 11 is 0. The van der Waals surface area contributed by atoms with E-state index >= 15 is 0 Å². The summed E-state index contributed by atoms with van der Waals surface area (Å²) in [5.74, 6) is -1.47. The minimum Gasteiger partial charge on any atom is -0.365 e. The summed E-state index contributed by atoms with van der Waals surface area (Å²) in [4.78, 5) is 38.2. The molecule has 21 heavy (non-hydrogen) atoms.